The Morgan fingerprint density at radius 1 is 1.67 bits per heavy atom. The maximum Gasteiger partial charge on any atom is 0.105 e. The van der Waals surface area contributed by atoms with E-state index in [0.29, 0.717) is 6.61 Å². The zero-order valence-electron chi connectivity index (χ0n) is 6.10. The normalized spacial score (nSPS) is 11.7. The fraction of sp³-hybridized carbons (Fsp3) is 0.667. The van der Waals surface area contributed by atoms with Gasteiger partial charge >= 0.3 is 0 Å². The highest BCUT2D eigenvalue weighted by atomic mass is 17.2. The summed E-state index contributed by atoms with van der Waals surface area (Å²) in [4.78, 5) is 9.03. The van der Waals surface area contributed by atoms with E-state index >= 15 is 0 Å². The number of rotatable bonds is 4. The topological polar surface area (TPSA) is 30.5 Å². The van der Waals surface area contributed by atoms with Crippen molar-refractivity contribution in [3.63, 3.8) is 0 Å². The third-order valence-electron chi connectivity index (χ3n) is 0.795. The molecule has 0 radical (unpaired) electrons. The molecule has 0 saturated carbocycles. The summed E-state index contributed by atoms with van der Waals surface area (Å²) >= 11 is 0. The van der Waals surface area contributed by atoms with E-state index in [1.165, 1.54) is 7.11 Å². The van der Waals surface area contributed by atoms with Crippen LogP contribution in [-0.4, -0.2) is 20.8 Å². The predicted octanol–water partition coefficient (Wildman–Crippen LogP) is 0.688. The third-order valence-corrected chi connectivity index (χ3v) is 0.795. The van der Waals surface area contributed by atoms with Gasteiger partial charge in [0.1, 0.15) is 6.61 Å². The summed E-state index contributed by atoms with van der Waals surface area (Å²) in [5.74, 6) is 0. The van der Waals surface area contributed by atoms with E-state index in [-0.39, 0.29) is 0 Å². The Hall–Kier alpha value is -0.540. The van der Waals surface area contributed by atoms with Crippen molar-refractivity contribution < 1.29 is 9.78 Å². The van der Waals surface area contributed by atoms with E-state index in [2.05, 4.69) is 15.1 Å². The Morgan fingerprint density at radius 2 is 2.33 bits per heavy atom. The zero-order valence-corrected chi connectivity index (χ0v) is 6.10. The number of hydrogen-bond acceptors (Lipinski definition) is 3. The van der Waals surface area contributed by atoms with E-state index in [0.717, 1.165) is 5.57 Å². The number of nitrogens with one attached hydrogen (secondary N) is 1. The van der Waals surface area contributed by atoms with Crippen molar-refractivity contribution in [2.24, 2.45) is 0 Å². The van der Waals surface area contributed by atoms with Crippen molar-refractivity contribution in [2.45, 2.75) is 6.92 Å². The van der Waals surface area contributed by atoms with Crippen LogP contribution in [0.2, 0.25) is 0 Å². The summed E-state index contributed by atoms with van der Waals surface area (Å²) in [6.07, 6.45) is 1.86. The number of hydrogen-bond donors (Lipinski definition) is 1. The first-order chi connectivity index (χ1) is 4.31. The van der Waals surface area contributed by atoms with Crippen molar-refractivity contribution in [2.75, 3.05) is 20.8 Å². The maximum atomic E-state index is 4.64. The molecule has 0 aliphatic heterocycles. The van der Waals surface area contributed by atoms with Gasteiger partial charge in [-0.15, -0.1) is 0 Å². The molecule has 0 aliphatic carbocycles. The molecule has 0 atom stereocenters. The van der Waals surface area contributed by atoms with Gasteiger partial charge in [-0.05, 0) is 18.7 Å². The second-order valence-corrected chi connectivity index (χ2v) is 1.71. The standard InChI is InChI=1S/C6H13NO2/c1-6(4-7-2)5-9-8-3/h4,7H,5H2,1-3H3. The molecular weight excluding hydrogens is 118 g/mol. The van der Waals surface area contributed by atoms with E-state index in [9.17, 15) is 0 Å². The largest absolute Gasteiger partial charge is 0.394 e. The SMILES string of the molecule is CNC=C(C)COOC. The molecule has 0 aliphatic rings. The maximum absolute atomic E-state index is 4.64. The zero-order chi connectivity index (χ0) is 7.11. The first-order valence-corrected chi connectivity index (χ1v) is 2.79. The van der Waals surface area contributed by atoms with Crippen molar-refractivity contribution in [1.82, 2.24) is 5.32 Å². The van der Waals surface area contributed by atoms with Crippen LogP contribution in [0, 0.1) is 0 Å². The fourth-order valence-electron chi connectivity index (χ4n) is 0.440. The van der Waals surface area contributed by atoms with Gasteiger partial charge in [-0.25, -0.2) is 9.78 Å². The highest BCUT2D eigenvalue weighted by Gasteiger charge is 1.85. The van der Waals surface area contributed by atoms with Crippen LogP contribution in [0.1, 0.15) is 6.92 Å². The second kappa shape index (κ2) is 5.59. The molecule has 0 unspecified atom stereocenters. The second-order valence-electron chi connectivity index (χ2n) is 1.71. The summed E-state index contributed by atoms with van der Waals surface area (Å²) in [5, 5.41) is 2.88. The quantitative estimate of drug-likeness (QED) is 0.449. The molecule has 3 nitrogen and oxygen atoms in total. The molecule has 0 aromatic carbocycles. The lowest BCUT2D eigenvalue weighted by Crippen LogP contribution is -2.00. The Morgan fingerprint density at radius 3 is 2.78 bits per heavy atom. The average Bonchev–Trinajstić information content (AvgIpc) is 1.85. The summed E-state index contributed by atoms with van der Waals surface area (Å²) < 4.78 is 0. The summed E-state index contributed by atoms with van der Waals surface area (Å²) in [7, 11) is 3.34. The first kappa shape index (κ1) is 8.46. The molecule has 3 heteroatoms. The van der Waals surface area contributed by atoms with Gasteiger partial charge in [-0.1, -0.05) is 0 Å². The highest BCUT2D eigenvalue weighted by Crippen LogP contribution is 1.89. The molecule has 0 fully saturated rings. The minimum Gasteiger partial charge on any atom is -0.394 e. The molecule has 0 aromatic heterocycles. The molecule has 0 amide bonds. The lowest BCUT2D eigenvalue weighted by molar-refractivity contribution is -0.265. The lowest BCUT2D eigenvalue weighted by atomic mass is 10.4. The molecule has 1 N–H and O–H groups in total. The molecule has 0 bridgehead atoms. The van der Waals surface area contributed by atoms with E-state index in [4.69, 9.17) is 0 Å². The van der Waals surface area contributed by atoms with E-state index in [1.54, 1.807) is 0 Å². The fourth-order valence-corrected chi connectivity index (χ4v) is 0.440. The van der Waals surface area contributed by atoms with Gasteiger partial charge in [0.15, 0.2) is 0 Å². The molecule has 0 aromatic rings. The molecule has 0 rings (SSSR count). The van der Waals surface area contributed by atoms with Gasteiger partial charge < -0.3 is 5.32 Å². The average molecular weight is 131 g/mol. The van der Waals surface area contributed by atoms with Crippen LogP contribution in [-0.2, 0) is 9.78 Å². The Kier molecular flexibility index (Phi) is 5.26. The minimum absolute atomic E-state index is 0.511. The molecule has 0 saturated heterocycles. The Labute approximate surface area is 55.6 Å². The Balaban J connectivity index is 3.25. The first-order valence-electron chi connectivity index (χ1n) is 2.79. The van der Waals surface area contributed by atoms with Crippen LogP contribution in [0.25, 0.3) is 0 Å². The summed E-state index contributed by atoms with van der Waals surface area (Å²) in [6.45, 7) is 2.47. The summed E-state index contributed by atoms with van der Waals surface area (Å²) in [5.41, 5.74) is 1.10. The van der Waals surface area contributed by atoms with Crippen LogP contribution in [0.4, 0.5) is 0 Å². The van der Waals surface area contributed by atoms with Crippen molar-refractivity contribution in [1.29, 1.82) is 0 Å². The minimum atomic E-state index is 0.511. The van der Waals surface area contributed by atoms with E-state index in [1.807, 2.05) is 20.2 Å². The van der Waals surface area contributed by atoms with Gasteiger partial charge in [0.05, 0.1) is 7.11 Å². The van der Waals surface area contributed by atoms with Crippen LogP contribution >= 0.6 is 0 Å². The highest BCUT2D eigenvalue weighted by molar-refractivity contribution is 4.95. The van der Waals surface area contributed by atoms with Gasteiger partial charge in [0.2, 0.25) is 0 Å². The molecule has 54 valence electrons. The van der Waals surface area contributed by atoms with Gasteiger partial charge in [-0.2, -0.15) is 0 Å². The van der Waals surface area contributed by atoms with Gasteiger partial charge in [0, 0.05) is 7.05 Å². The van der Waals surface area contributed by atoms with Crippen LogP contribution < -0.4 is 5.32 Å². The molecular formula is C6H13NO2. The third kappa shape index (κ3) is 5.33. The van der Waals surface area contributed by atoms with Crippen LogP contribution in [0.15, 0.2) is 11.8 Å². The van der Waals surface area contributed by atoms with Crippen molar-refractivity contribution in [3.05, 3.63) is 11.8 Å². The van der Waals surface area contributed by atoms with Gasteiger partial charge in [0.25, 0.3) is 0 Å². The summed E-state index contributed by atoms with van der Waals surface area (Å²) in [6, 6.07) is 0. The van der Waals surface area contributed by atoms with E-state index < -0.39 is 0 Å². The van der Waals surface area contributed by atoms with Gasteiger partial charge in [-0.3, -0.25) is 0 Å². The van der Waals surface area contributed by atoms with Crippen molar-refractivity contribution in [3.8, 4) is 0 Å². The Bertz CT molecular complexity index is 91.1. The lowest BCUT2D eigenvalue weighted by Gasteiger charge is -1.98. The predicted molar refractivity (Wildman–Crippen MR) is 35.8 cm³/mol. The molecule has 0 spiro atoms. The van der Waals surface area contributed by atoms with Crippen LogP contribution in [0.5, 0.6) is 0 Å². The molecule has 0 heterocycles. The smallest absolute Gasteiger partial charge is 0.105 e. The molecule has 9 heavy (non-hydrogen) atoms. The van der Waals surface area contributed by atoms with Crippen LogP contribution in [0.3, 0.4) is 0 Å². The van der Waals surface area contributed by atoms with Crippen molar-refractivity contribution >= 4 is 0 Å². The monoisotopic (exact) mass is 131 g/mol.